The zero-order valence-corrected chi connectivity index (χ0v) is 9.80. The lowest BCUT2D eigenvalue weighted by Crippen LogP contribution is -2.03. The maximum Gasteiger partial charge on any atom is 0.269 e. The van der Waals surface area contributed by atoms with E-state index >= 15 is 0 Å². The molecule has 4 nitrogen and oxygen atoms in total. The van der Waals surface area contributed by atoms with Crippen LogP contribution in [0.1, 0.15) is 5.56 Å². The molecule has 0 unspecified atom stereocenters. The van der Waals surface area contributed by atoms with Crippen molar-refractivity contribution >= 4 is 26.0 Å². The second-order valence-corrected chi connectivity index (χ2v) is 5.05. The van der Waals surface area contributed by atoms with E-state index in [2.05, 4.69) is 15.9 Å². The highest BCUT2D eigenvalue weighted by molar-refractivity contribution is 9.10. The van der Waals surface area contributed by atoms with Crippen LogP contribution in [0.15, 0.2) is 22.7 Å². The van der Waals surface area contributed by atoms with Gasteiger partial charge in [0.2, 0.25) is 0 Å². The van der Waals surface area contributed by atoms with Gasteiger partial charge in [-0.05, 0) is 12.1 Å². The van der Waals surface area contributed by atoms with Gasteiger partial charge in [-0.1, -0.05) is 22.0 Å². The topological polar surface area (TPSA) is 63.6 Å². The second-order valence-electron chi connectivity index (χ2n) is 2.68. The molecule has 0 bridgehead atoms. The molecule has 0 saturated carbocycles. The Balaban J connectivity index is 3.09. The number of rotatable bonds is 3. The SMILES string of the molecule is COc1cc(Br)ccc1CS(=O)(=O)O. The highest BCUT2D eigenvalue weighted by Gasteiger charge is 2.11. The van der Waals surface area contributed by atoms with Gasteiger partial charge in [0.1, 0.15) is 11.5 Å². The Kier molecular flexibility index (Phi) is 3.52. The van der Waals surface area contributed by atoms with Crippen LogP contribution in [0.2, 0.25) is 0 Å². The van der Waals surface area contributed by atoms with Crippen LogP contribution in [-0.4, -0.2) is 20.1 Å². The molecule has 0 saturated heterocycles. The Labute approximate surface area is 90.8 Å². The van der Waals surface area contributed by atoms with E-state index in [1.54, 1.807) is 18.2 Å². The molecule has 0 radical (unpaired) electrons. The van der Waals surface area contributed by atoms with E-state index in [9.17, 15) is 8.42 Å². The summed E-state index contributed by atoms with van der Waals surface area (Å²) in [6.07, 6.45) is 0. The van der Waals surface area contributed by atoms with Gasteiger partial charge in [-0.3, -0.25) is 4.55 Å². The molecule has 1 rings (SSSR count). The van der Waals surface area contributed by atoms with Crippen molar-refractivity contribution in [1.82, 2.24) is 0 Å². The third-order valence-electron chi connectivity index (χ3n) is 1.59. The van der Waals surface area contributed by atoms with Crippen LogP contribution in [0.4, 0.5) is 0 Å². The van der Waals surface area contributed by atoms with E-state index < -0.39 is 15.9 Å². The number of methoxy groups -OCH3 is 1. The van der Waals surface area contributed by atoms with Crippen LogP contribution >= 0.6 is 15.9 Å². The number of hydrogen-bond donors (Lipinski definition) is 1. The van der Waals surface area contributed by atoms with Gasteiger partial charge in [0.25, 0.3) is 10.1 Å². The fourth-order valence-corrected chi connectivity index (χ4v) is 2.01. The molecule has 6 heteroatoms. The Hall–Kier alpha value is -0.590. The molecule has 0 spiro atoms. The summed E-state index contributed by atoms with van der Waals surface area (Å²) in [5.74, 6) is -0.0132. The maximum absolute atomic E-state index is 10.6. The van der Waals surface area contributed by atoms with Gasteiger partial charge in [0.15, 0.2) is 0 Å². The van der Waals surface area contributed by atoms with Gasteiger partial charge in [0.05, 0.1) is 7.11 Å². The monoisotopic (exact) mass is 280 g/mol. The van der Waals surface area contributed by atoms with E-state index in [0.717, 1.165) is 4.47 Å². The largest absolute Gasteiger partial charge is 0.496 e. The predicted molar refractivity (Wildman–Crippen MR) is 55.9 cm³/mol. The minimum atomic E-state index is -4.02. The van der Waals surface area contributed by atoms with E-state index in [-0.39, 0.29) is 0 Å². The summed E-state index contributed by atoms with van der Waals surface area (Å²) in [4.78, 5) is 0. The molecular formula is C8H9BrO4S. The fraction of sp³-hybridized carbons (Fsp3) is 0.250. The van der Waals surface area contributed by atoms with Gasteiger partial charge in [-0.2, -0.15) is 8.42 Å². The van der Waals surface area contributed by atoms with Crippen molar-refractivity contribution in [1.29, 1.82) is 0 Å². The number of ether oxygens (including phenoxy) is 1. The van der Waals surface area contributed by atoms with Crippen LogP contribution in [0.5, 0.6) is 5.75 Å². The molecule has 0 atom stereocenters. The summed E-state index contributed by atoms with van der Waals surface area (Å²) in [5.41, 5.74) is 0.429. The summed E-state index contributed by atoms with van der Waals surface area (Å²) >= 11 is 3.22. The number of halogens is 1. The Morgan fingerprint density at radius 1 is 1.50 bits per heavy atom. The average Bonchev–Trinajstić information content (AvgIpc) is 2.06. The van der Waals surface area contributed by atoms with Crippen LogP contribution in [0.3, 0.4) is 0 Å². The predicted octanol–water partition coefficient (Wildman–Crippen LogP) is 1.85. The Morgan fingerprint density at radius 2 is 2.14 bits per heavy atom. The van der Waals surface area contributed by atoms with E-state index in [4.69, 9.17) is 9.29 Å². The van der Waals surface area contributed by atoms with Gasteiger partial charge in [-0.15, -0.1) is 0 Å². The molecule has 0 aromatic heterocycles. The zero-order chi connectivity index (χ0) is 10.8. The van der Waals surface area contributed by atoms with Crippen molar-refractivity contribution < 1.29 is 17.7 Å². The van der Waals surface area contributed by atoms with Crippen LogP contribution in [-0.2, 0) is 15.9 Å². The van der Waals surface area contributed by atoms with Crippen molar-refractivity contribution in [3.63, 3.8) is 0 Å². The summed E-state index contributed by atoms with van der Waals surface area (Å²) in [7, 11) is -2.58. The van der Waals surface area contributed by atoms with Crippen molar-refractivity contribution in [2.24, 2.45) is 0 Å². The van der Waals surface area contributed by atoms with E-state index in [1.807, 2.05) is 0 Å². The van der Waals surface area contributed by atoms with E-state index in [0.29, 0.717) is 11.3 Å². The van der Waals surface area contributed by atoms with Gasteiger partial charge < -0.3 is 4.74 Å². The van der Waals surface area contributed by atoms with Crippen molar-refractivity contribution in [3.8, 4) is 5.75 Å². The molecule has 0 amide bonds. The maximum atomic E-state index is 10.6. The molecule has 0 heterocycles. The molecule has 0 fully saturated rings. The van der Waals surface area contributed by atoms with Crippen molar-refractivity contribution in [2.45, 2.75) is 5.75 Å². The summed E-state index contributed by atoms with van der Waals surface area (Å²) in [5, 5.41) is 0. The van der Waals surface area contributed by atoms with Crippen LogP contribution in [0.25, 0.3) is 0 Å². The fourth-order valence-electron chi connectivity index (χ4n) is 1.03. The third kappa shape index (κ3) is 3.28. The summed E-state index contributed by atoms with van der Waals surface area (Å²) in [6.45, 7) is 0. The Bertz CT molecular complexity index is 427. The van der Waals surface area contributed by atoms with Crippen molar-refractivity contribution in [3.05, 3.63) is 28.2 Å². The lowest BCUT2D eigenvalue weighted by atomic mass is 10.2. The average molecular weight is 281 g/mol. The van der Waals surface area contributed by atoms with Gasteiger partial charge in [-0.25, -0.2) is 0 Å². The third-order valence-corrected chi connectivity index (χ3v) is 2.76. The summed E-state index contributed by atoms with van der Waals surface area (Å²) in [6, 6.07) is 4.90. The number of benzene rings is 1. The molecule has 1 N–H and O–H groups in total. The van der Waals surface area contributed by atoms with Crippen LogP contribution < -0.4 is 4.74 Å². The van der Waals surface area contributed by atoms with Crippen molar-refractivity contribution in [2.75, 3.05) is 7.11 Å². The first-order valence-electron chi connectivity index (χ1n) is 3.70. The molecule has 1 aromatic carbocycles. The minimum Gasteiger partial charge on any atom is -0.496 e. The highest BCUT2D eigenvalue weighted by Crippen LogP contribution is 2.24. The standard InChI is InChI=1S/C8H9BrO4S/c1-13-8-4-7(9)3-2-6(8)5-14(10,11)12/h2-4H,5H2,1H3,(H,10,11,12). The molecule has 0 aliphatic carbocycles. The number of hydrogen-bond acceptors (Lipinski definition) is 3. The second kappa shape index (κ2) is 4.29. The first-order chi connectivity index (χ1) is 6.42. The first-order valence-corrected chi connectivity index (χ1v) is 6.10. The molecule has 14 heavy (non-hydrogen) atoms. The first kappa shape index (κ1) is 11.5. The van der Waals surface area contributed by atoms with Gasteiger partial charge >= 0.3 is 0 Å². The quantitative estimate of drug-likeness (QED) is 0.859. The zero-order valence-electron chi connectivity index (χ0n) is 7.40. The summed E-state index contributed by atoms with van der Waals surface area (Å²) < 4.78 is 35.7. The smallest absolute Gasteiger partial charge is 0.269 e. The lowest BCUT2D eigenvalue weighted by Gasteiger charge is -2.06. The van der Waals surface area contributed by atoms with Crippen LogP contribution in [0, 0.1) is 0 Å². The molecule has 0 aliphatic heterocycles. The lowest BCUT2D eigenvalue weighted by molar-refractivity contribution is 0.409. The van der Waals surface area contributed by atoms with E-state index in [1.165, 1.54) is 7.11 Å². The minimum absolute atomic E-state index is 0.428. The molecule has 78 valence electrons. The molecule has 0 aliphatic rings. The molecule has 1 aromatic rings. The highest BCUT2D eigenvalue weighted by atomic mass is 79.9. The van der Waals surface area contributed by atoms with Gasteiger partial charge in [0, 0.05) is 10.0 Å². The normalized spacial score (nSPS) is 11.4. The Morgan fingerprint density at radius 3 is 2.64 bits per heavy atom. The molecular weight excluding hydrogens is 272 g/mol.